The Morgan fingerprint density at radius 1 is 0.974 bits per heavy atom. The second-order valence-electron chi connectivity index (χ2n) is 8.95. The van der Waals surface area contributed by atoms with E-state index in [4.69, 9.17) is 14.3 Å². The number of aromatic nitrogens is 1. The summed E-state index contributed by atoms with van der Waals surface area (Å²) in [6, 6.07) is 21.5. The summed E-state index contributed by atoms with van der Waals surface area (Å²) in [6.45, 7) is 4.09. The van der Waals surface area contributed by atoms with Crippen LogP contribution in [0.3, 0.4) is 0 Å². The number of nitrogens with one attached hydrogen (secondary N) is 1. The Hall–Kier alpha value is -3.95. The molecule has 0 fully saturated rings. The van der Waals surface area contributed by atoms with Crippen molar-refractivity contribution < 1.29 is 27.5 Å². The molecule has 8 nitrogen and oxygen atoms in total. The van der Waals surface area contributed by atoms with E-state index in [9.17, 15) is 13.2 Å². The zero-order chi connectivity index (χ0) is 27.1. The quantitative estimate of drug-likeness (QED) is 0.260. The van der Waals surface area contributed by atoms with Crippen LogP contribution < -0.4 is 9.46 Å². The van der Waals surface area contributed by atoms with E-state index >= 15 is 0 Å². The van der Waals surface area contributed by atoms with Gasteiger partial charge in [-0.3, -0.25) is 4.79 Å². The van der Waals surface area contributed by atoms with Gasteiger partial charge in [-0.05, 0) is 67.8 Å². The van der Waals surface area contributed by atoms with Gasteiger partial charge in [-0.15, -0.1) is 0 Å². The van der Waals surface area contributed by atoms with Crippen LogP contribution in [-0.4, -0.2) is 31.1 Å². The third-order valence-corrected chi connectivity index (χ3v) is 7.51. The molecular weight excluding hydrogens is 504 g/mol. The van der Waals surface area contributed by atoms with Crippen LogP contribution in [0.1, 0.15) is 34.6 Å². The van der Waals surface area contributed by atoms with Gasteiger partial charge in [-0.25, -0.2) is 18.1 Å². The van der Waals surface area contributed by atoms with Crippen molar-refractivity contribution in [2.45, 2.75) is 44.6 Å². The predicted octanol–water partition coefficient (Wildman–Crippen LogP) is 5.08. The van der Waals surface area contributed by atoms with Crippen molar-refractivity contribution in [1.82, 2.24) is 9.71 Å². The number of aryl methyl sites for hydroxylation is 3. The van der Waals surface area contributed by atoms with Crippen molar-refractivity contribution in [2.24, 2.45) is 0 Å². The Morgan fingerprint density at radius 3 is 2.42 bits per heavy atom. The highest BCUT2D eigenvalue weighted by Crippen LogP contribution is 2.23. The van der Waals surface area contributed by atoms with Crippen molar-refractivity contribution in [3.05, 3.63) is 101 Å². The van der Waals surface area contributed by atoms with Crippen LogP contribution in [0.4, 0.5) is 0 Å². The van der Waals surface area contributed by atoms with Gasteiger partial charge in [0.15, 0.2) is 0 Å². The minimum atomic E-state index is -3.74. The van der Waals surface area contributed by atoms with E-state index in [0.29, 0.717) is 30.2 Å². The lowest BCUT2D eigenvalue weighted by Gasteiger charge is -2.14. The van der Waals surface area contributed by atoms with Crippen molar-refractivity contribution in [2.75, 3.05) is 6.61 Å². The Morgan fingerprint density at radius 2 is 1.71 bits per heavy atom. The fraction of sp³-hybridized carbons (Fsp3) is 0.241. The summed E-state index contributed by atoms with van der Waals surface area (Å²) in [5.74, 6) is 0.916. The first-order valence-electron chi connectivity index (χ1n) is 12.3. The number of nitrogens with zero attached hydrogens (tertiary/aromatic N) is 1. The summed E-state index contributed by atoms with van der Waals surface area (Å²) in [7, 11) is -3.74. The molecule has 1 aromatic heterocycles. The van der Waals surface area contributed by atoms with Gasteiger partial charge in [-0.2, -0.15) is 0 Å². The smallest absolute Gasteiger partial charge is 0.303 e. The molecular formula is C29H30N2O6S. The molecule has 9 heteroatoms. The van der Waals surface area contributed by atoms with Crippen LogP contribution >= 0.6 is 0 Å². The van der Waals surface area contributed by atoms with E-state index < -0.39 is 16.0 Å². The lowest BCUT2D eigenvalue weighted by atomic mass is 10.0. The number of hydrogen-bond donors (Lipinski definition) is 2. The van der Waals surface area contributed by atoms with Gasteiger partial charge in [-0.1, -0.05) is 42.0 Å². The average molecular weight is 535 g/mol. The maximum absolute atomic E-state index is 12.8. The van der Waals surface area contributed by atoms with Crippen LogP contribution in [-0.2, 0) is 34.2 Å². The maximum Gasteiger partial charge on any atom is 0.303 e. The van der Waals surface area contributed by atoms with Gasteiger partial charge in [0.25, 0.3) is 0 Å². The van der Waals surface area contributed by atoms with Gasteiger partial charge in [0.1, 0.15) is 11.5 Å². The van der Waals surface area contributed by atoms with Crippen molar-refractivity contribution in [3.8, 4) is 17.2 Å². The first-order chi connectivity index (χ1) is 18.2. The minimum absolute atomic E-state index is 0.00515. The van der Waals surface area contributed by atoms with Crippen LogP contribution in [0.2, 0.25) is 0 Å². The maximum atomic E-state index is 12.8. The molecule has 38 heavy (non-hydrogen) atoms. The van der Waals surface area contributed by atoms with Crippen LogP contribution in [0.15, 0.2) is 82.1 Å². The molecule has 0 aliphatic heterocycles. The lowest BCUT2D eigenvalue weighted by molar-refractivity contribution is -0.136. The monoisotopic (exact) mass is 534 g/mol. The summed E-state index contributed by atoms with van der Waals surface area (Å²) in [5.41, 5.74) is 4.06. The first kappa shape index (κ1) is 27.1. The Kier molecular flexibility index (Phi) is 8.60. The number of aliphatic carboxylic acids is 1. The SMILES string of the molecule is Cc1ccc(S(=O)(=O)NCc2cc(OCCc3nc(-c4ccccc4)oc3C)ccc2CCC(=O)O)cc1. The van der Waals surface area contributed by atoms with Crippen molar-refractivity contribution >= 4 is 16.0 Å². The fourth-order valence-corrected chi connectivity index (χ4v) is 4.95. The summed E-state index contributed by atoms with van der Waals surface area (Å²) in [5, 5.41) is 9.12. The van der Waals surface area contributed by atoms with Crippen LogP contribution in [0, 0.1) is 13.8 Å². The highest BCUT2D eigenvalue weighted by Gasteiger charge is 2.16. The molecule has 0 spiro atoms. The number of ether oxygens (including phenoxy) is 1. The van der Waals surface area contributed by atoms with E-state index in [1.165, 1.54) is 0 Å². The van der Waals surface area contributed by atoms with E-state index in [1.54, 1.807) is 42.5 Å². The largest absolute Gasteiger partial charge is 0.493 e. The minimum Gasteiger partial charge on any atom is -0.493 e. The number of benzene rings is 3. The number of sulfonamides is 1. The molecule has 0 aliphatic rings. The Labute approximate surface area is 222 Å². The molecule has 1 heterocycles. The molecule has 4 aromatic rings. The predicted molar refractivity (Wildman–Crippen MR) is 143 cm³/mol. The van der Waals surface area contributed by atoms with Gasteiger partial charge in [0, 0.05) is 24.9 Å². The second-order valence-corrected chi connectivity index (χ2v) is 10.7. The van der Waals surface area contributed by atoms with Gasteiger partial charge in [0.05, 0.1) is 17.2 Å². The second kappa shape index (κ2) is 12.1. The summed E-state index contributed by atoms with van der Waals surface area (Å²) in [6.07, 6.45) is 0.739. The molecule has 0 atom stereocenters. The zero-order valence-electron chi connectivity index (χ0n) is 21.3. The number of carboxylic acid groups (broad SMARTS) is 1. The van der Waals surface area contributed by atoms with Crippen molar-refractivity contribution in [3.63, 3.8) is 0 Å². The van der Waals surface area contributed by atoms with Crippen molar-refractivity contribution in [1.29, 1.82) is 0 Å². The summed E-state index contributed by atoms with van der Waals surface area (Å²) in [4.78, 5) is 15.9. The van der Waals surface area contributed by atoms with Gasteiger partial charge >= 0.3 is 5.97 Å². The van der Waals surface area contributed by atoms with Crippen LogP contribution in [0.25, 0.3) is 11.5 Å². The van der Waals surface area contributed by atoms with E-state index in [1.807, 2.05) is 44.2 Å². The number of carboxylic acids is 1. The van der Waals surface area contributed by atoms with Crippen LogP contribution in [0.5, 0.6) is 5.75 Å². The summed E-state index contributed by atoms with van der Waals surface area (Å²) >= 11 is 0. The summed E-state index contributed by atoms with van der Waals surface area (Å²) < 4.78 is 40.0. The number of rotatable bonds is 12. The third kappa shape index (κ3) is 7.08. The molecule has 0 aliphatic carbocycles. The normalized spacial score (nSPS) is 11.4. The Bertz CT molecular complexity index is 1500. The third-order valence-electron chi connectivity index (χ3n) is 6.09. The molecule has 2 N–H and O–H groups in total. The molecule has 0 radical (unpaired) electrons. The number of hydrogen-bond acceptors (Lipinski definition) is 6. The molecule has 4 rings (SSSR count). The lowest BCUT2D eigenvalue weighted by Crippen LogP contribution is -2.24. The number of oxazole rings is 1. The van der Waals surface area contributed by atoms with Gasteiger partial charge in [0.2, 0.25) is 15.9 Å². The average Bonchev–Trinajstić information content (AvgIpc) is 3.28. The molecule has 3 aromatic carbocycles. The molecule has 0 saturated carbocycles. The highest BCUT2D eigenvalue weighted by molar-refractivity contribution is 7.89. The highest BCUT2D eigenvalue weighted by atomic mass is 32.2. The Balaban J connectivity index is 1.44. The van der Waals surface area contributed by atoms with E-state index in [2.05, 4.69) is 9.71 Å². The molecule has 0 bridgehead atoms. The topological polar surface area (TPSA) is 119 Å². The van der Waals surface area contributed by atoms with E-state index in [0.717, 1.165) is 28.1 Å². The molecule has 198 valence electrons. The van der Waals surface area contributed by atoms with E-state index in [-0.39, 0.29) is 24.3 Å². The molecule has 0 amide bonds. The van der Waals surface area contributed by atoms with Gasteiger partial charge < -0.3 is 14.3 Å². The standard InChI is InChI=1S/C29H30N2O6S/c1-20-8-13-26(14-9-20)38(34,35)30-19-24-18-25(12-10-22(24)11-15-28(32)33)36-17-16-27-21(2)37-29(31-27)23-6-4-3-5-7-23/h3-10,12-14,18,30H,11,15-17,19H2,1-2H3,(H,32,33). The number of carbonyl (C=O) groups is 1. The molecule has 0 unspecified atom stereocenters. The molecule has 0 saturated heterocycles. The zero-order valence-corrected chi connectivity index (χ0v) is 22.1. The fourth-order valence-electron chi connectivity index (χ4n) is 3.95. The first-order valence-corrected chi connectivity index (χ1v) is 13.7.